The zero-order chi connectivity index (χ0) is 40.4. The highest BCUT2D eigenvalue weighted by molar-refractivity contribution is 7.82. The Morgan fingerprint density at radius 1 is 0.167 bits per heavy atom. The van der Waals surface area contributed by atoms with Gasteiger partial charge in [-0.3, -0.25) is 0 Å². The van der Waals surface area contributed by atoms with Crippen LogP contribution in [0.3, 0.4) is 0 Å². The molecule has 0 fully saturated rings. The number of rotatable bonds is 12. The summed E-state index contributed by atoms with van der Waals surface area (Å²) in [4.78, 5) is 0. The van der Waals surface area contributed by atoms with E-state index in [-0.39, 0.29) is 0 Å². The van der Waals surface area contributed by atoms with Crippen molar-refractivity contribution in [2.75, 3.05) is 0 Å². The molecular formula is C56H40P4. The lowest BCUT2D eigenvalue weighted by atomic mass is 10.3. The van der Waals surface area contributed by atoms with Crippen LogP contribution in [-0.4, -0.2) is 0 Å². The molecule has 0 radical (unpaired) electrons. The largest absolute Gasteiger partial charge is 0.0622 e. The quantitative estimate of drug-likeness (QED) is 0.0850. The minimum absolute atomic E-state index is 1.10. The lowest BCUT2D eigenvalue weighted by Gasteiger charge is -2.28. The zero-order valence-electron chi connectivity index (χ0n) is 32.9. The first-order valence-corrected chi connectivity index (χ1v) is 25.3. The molecule has 284 valence electrons. The lowest BCUT2D eigenvalue weighted by molar-refractivity contribution is 1.72. The summed E-state index contributed by atoms with van der Waals surface area (Å²) in [6.45, 7) is 0. The van der Waals surface area contributed by atoms with Gasteiger partial charge in [0.2, 0.25) is 0 Å². The van der Waals surface area contributed by atoms with Crippen molar-refractivity contribution in [3.05, 3.63) is 264 Å². The maximum absolute atomic E-state index is 4.09. The molecule has 0 bridgehead atoms. The Labute approximate surface area is 359 Å². The molecule has 0 N–H and O–H groups in total. The summed E-state index contributed by atoms with van der Waals surface area (Å²) < 4.78 is 0. The third-order valence-corrected chi connectivity index (χ3v) is 20.1. The van der Waals surface area contributed by atoms with Crippen molar-refractivity contribution in [3.63, 3.8) is 0 Å². The Balaban J connectivity index is 1.42. The molecule has 0 heterocycles. The molecule has 0 atom stereocenters. The predicted molar refractivity (Wildman–Crippen MR) is 266 cm³/mol. The van der Waals surface area contributed by atoms with Gasteiger partial charge in [0.25, 0.3) is 0 Å². The molecular weight excluding hydrogens is 797 g/mol. The molecule has 0 amide bonds. The predicted octanol–water partition coefficient (Wildman–Crippen LogP) is 11.0. The van der Waals surface area contributed by atoms with E-state index < -0.39 is 31.7 Å². The van der Waals surface area contributed by atoms with E-state index in [0.29, 0.717) is 0 Å². The Kier molecular flexibility index (Phi) is 12.8. The van der Waals surface area contributed by atoms with Crippen LogP contribution in [0, 0.1) is 23.7 Å². The van der Waals surface area contributed by atoms with Crippen LogP contribution in [0.1, 0.15) is 0 Å². The van der Waals surface area contributed by atoms with Crippen molar-refractivity contribution >= 4 is 74.1 Å². The fourth-order valence-corrected chi connectivity index (χ4v) is 17.3. The first kappa shape index (κ1) is 39.5. The summed E-state index contributed by atoms with van der Waals surface area (Å²) in [5.74, 6) is 16.3. The van der Waals surface area contributed by atoms with E-state index in [1.54, 1.807) is 0 Å². The molecule has 0 aliphatic heterocycles. The highest BCUT2D eigenvalue weighted by Crippen LogP contribution is 2.57. The summed E-state index contributed by atoms with van der Waals surface area (Å²) in [5, 5.41) is 14.5. The number of benzene rings is 8. The van der Waals surface area contributed by atoms with E-state index in [1.807, 2.05) is 0 Å². The van der Waals surface area contributed by atoms with E-state index in [4.69, 9.17) is 0 Å². The Hall–Kier alpha value is -5.92. The Morgan fingerprint density at radius 3 is 0.400 bits per heavy atom. The smallest absolute Gasteiger partial charge is 0.0514 e. The lowest BCUT2D eigenvalue weighted by Crippen LogP contribution is -2.19. The van der Waals surface area contributed by atoms with Gasteiger partial charge < -0.3 is 0 Å². The summed E-state index contributed by atoms with van der Waals surface area (Å²) >= 11 is 0. The van der Waals surface area contributed by atoms with Gasteiger partial charge in [0.05, 0.1) is 21.3 Å². The molecule has 0 saturated carbocycles. The van der Waals surface area contributed by atoms with E-state index in [9.17, 15) is 0 Å². The van der Waals surface area contributed by atoms with Crippen LogP contribution in [-0.2, 0) is 0 Å². The second-order valence-corrected chi connectivity index (χ2v) is 22.5. The van der Waals surface area contributed by atoms with Crippen molar-refractivity contribution in [2.45, 2.75) is 0 Å². The summed E-state index contributed by atoms with van der Waals surface area (Å²) in [5.41, 5.74) is 0. The maximum atomic E-state index is 4.09. The van der Waals surface area contributed by atoms with Gasteiger partial charge >= 0.3 is 0 Å². The van der Waals surface area contributed by atoms with Crippen LogP contribution in [0.25, 0.3) is 0 Å². The molecule has 9 rings (SSSR count). The third kappa shape index (κ3) is 8.83. The van der Waals surface area contributed by atoms with Gasteiger partial charge in [0.15, 0.2) is 0 Å². The molecule has 8 aromatic rings. The van der Waals surface area contributed by atoms with Gasteiger partial charge in [0, 0.05) is 0 Å². The second-order valence-electron chi connectivity index (χ2n) is 13.9. The average Bonchev–Trinajstić information content (AvgIpc) is 3.33. The molecule has 1 aliphatic rings. The van der Waals surface area contributed by atoms with Crippen LogP contribution >= 0.6 is 31.7 Å². The van der Waals surface area contributed by atoms with Gasteiger partial charge in [-0.05, 0) is 74.1 Å². The molecule has 0 spiro atoms. The summed E-state index contributed by atoms with van der Waals surface area (Å²) in [7, 11) is -4.42. The normalized spacial score (nSPS) is 14.9. The highest BCUT2D eigenvalue weighted by Gasteiger charge is 2.31. The van der Waals surface area contributed by atoms with E-state index in [2.05, 4.69) is 266 Å². The van der Waals surface area contributed by atoms with Crippen LogP contribution in [0.15, 0.2) is 264 Å². The van der Waals surface area contributed by atoms with Crippen LogP contribution < -0.4 is 42.4 Å². The topological polar surface area (TPSA) is 0 Å². The Bertz CT molecular complexity index is 2290. The fraction of sp³-hybridized carbons (Fsp3) is 0. The minimum atomic E-state index is -1.10. The number of allylic oxidation sites excluding steroid dienone is 4. The van der Waals surface area contributed by atoms with E-state index >= 15 is 0 Å². The van der Waals surface area contributed by atoms with Gasteiger partial charge in [-0.1, -0.05) is 266 Å². The monoisotopic (exact) mass is 836 g/mol. The molecule has 8 aromatic carbocycles. The van der Waals surface area contributed by atoms with Gasteiger partial charge in [-0.25, -0.2) is 0 Å². The minimum Gasteiger partial charge on any atom is -0.0622 e. The van der Waals surface area contributed by atoms with Crippen molar-refractivity contribution in [1.29, 1.82) is 0 Å². The first-order chi connectivity index (χ1) is 29.8. The molecule has 60 heavy (non-hydrogen) atoms. The second kappa shape index (κ2) is 19.4. The third-order valence-electron chi connectivity index (χ3n) is 10.1. The van der Waals surface area contributed by atoms with Crippen LogP contribution in [0.2, 0.25) is 0 Å². The summed E-state index contributed by atoms with van der Waals surface area (Å²) in [6.07, 6.45) is 0. The highest BCUT2D eigenvalue weighted by atomic mass is 31.1. The Morgan fingerprint density at radius 2 is 0.283 bits per heavy atom. The summed E-state index contributed by atoms with van der Waals surface area (Å²) in [6, 6.07) is 87.8. The zero-order valence-corrected chi connectivity index (χ0v) is 36.5. The van der Waals surface area contributed by atoms with Crippen molar-refractivity contribution in [3.8, 4) is 23.7 Å². The van der Waals surface area contributed by atoms with Crippen molar-refractivity contribution in [2.24, 2.45) is 0 Å². The maximum Gasteiger partial charge on any atom is 0.0514 e. The fourth-order valence-electron chi connectivity index (χ4n) is 7.37. The standard InChI is InChI=1S/C56H40P4/c1-9-25-45(26-10-1)57(46-27-11-2-12-28-46)53-41-42-55(59(49-33-17-5-18-34-49)50-35-19-6-20-36-50)56(60(51-37-21-7-22-38-51)52-39-23-8-24-40-52)44-43-54(53)58(47-29-13-3-14-30-47)48-31-15-4-16-32-48/h1-40H/b54-53-,56-55-. The molecule has 1 aliphatic carbocycles. The molecule has 0 unspecified atom stereocenters. The first-order valence-electron chi connectivity index (χ1n) is 20.0. The number of hydrogen-bond donors (Lipinski definition) is 0. The van der Waals surface area contributed by atoms with Gasteiger partial charge in [-0.2, -0.15) is 0 Å². The van der Waals surface area contributed by atoms with E-state index in [1.165, 1.54) is 42.4 Å². The van der Waals surface area contributed by atoms with Crippen LogP contribution in [0.5, 0.6) is 0 Å². The van der Waals surface area contributed by atoms with Crippen molar-refractivity contribution in [1.82, 2.24) is 0 Å². The molecule has 4 heteroatoms. The molecule has 0 saturated heterocycles. The van der Waals surface area contributed by atoms with Crippen LogP contribution in [0.4, 0.5) is 0 Å². The van der Waals surface area contributed by atoms with Gasteiger partial charge in [0.1, 0.15) is 0 Å². The van der Waals surface area contributed by atoms with Gasteiger partial charge in [-0.15, -0.1) is 0 Å². The average molecular weight is 837 g/mol. The molecule has 0 aromatic heterocycles. The number of hydrogen-bond acceptors (Lipinski definition) is 0. The van der Waals surface area contributed by atoms with Crippen molar-refractivity contribution < 1.29 is 0 Å². The molecule has 0 nitrogen and oxygen atoms in total. The van der Waals surface area contributed by atoms with E-state index in [0.717, 1.165) is 21.3 Å². The SMILES string of the molecule is C1#C/C(P(c2ccccc2)c2ccccc2)=C(/P(c2ccccc2)c2ccccc2)C#C/C(P(c2ccccc2)c2ccccc2)=C\1P(c1ccccc1)c1ccccc1.